The predicted molar refractivity (Wildman–Crippen MR) is 116 cm³/mol. The molecule has 156 valence electrons. The number of nitrogens with zero attached hydrogens (tertiary/aromatic N) is 3. The first kappa shape index (κ1) is 20.1. The maximum absolute atomic E-state index is 13.2. The van der Waals surface area contributed by atoms with E-state index in [1.54, 1.807) is 30.1 Å². The summed E-state index contributed by atoms with van der Waals surface area (Å²) >= 11 is 1.24. The lowest BCUT2D eigenvalue weighted by Gasteiger charge is -2.10. The van der Waals surface area contributed by atoms with Crippen LogP contribution >= 0.6 is 11.8 Å². The third kappa shape index (κ3) is 3.56. The van der Waals surface area contributed by atoms with E-state index >= 15 is 0 Å². The summed E-state index contributed by atoms with van der Waals surface area (Å²) < 4.78 is 14.0. The Hall–Kier alpha value is -3.20. The zero-order valence-electron chi connectivity index (χ0n) is 17.0. The van der Waals surface area contributed by atoms with Crippen LogP contribution in [0, 0.1) is 0 Å². The number of benzene rings is 1. The number of amides is 1. The number of ether oxygens (including phenoxy) is 1. The molecule has 9 heteroatoms. The van der Waals surface area contributed by atoms with Crippen LogP contribution in [-0.2, 0) is 24.9 Å². The first-order valence-corrected chi connectivity index (χ1v) is 10.5. The number of aromatic nitrogens is 3. The minimum atomic E-state index is -0.159. The van der Waals surface area contributed by atoms with Crippen molar-refractivity contribution in [2.75, 3.05) is 12.9 Å². The zero-order chi connectivity index (χ0) is 21.3. The monoisotopic (exact) mass is 426 g/mol. The number of furan rings is 1. The number of thioether (sulfide) groups is 1. The molecule has 0 bridgehead atoms. The van der Waals surface area contributed by atoms with E-state index in [1.165, 1.54) is 11.8 Å². The molecule has 1 amide bonds. The summed E-state index contributed by atoms with van der Waals surface area (Å²) in [5.41, 5.74) is 1.92. The van der Waals surface area contributed by atoms with Gasteiger partial charge in [0.25, 0.3) is 5.56 Å². The number of hydrogen-bond donors (Lipinski definition) is 1. The minimum absolute atomic E-state index is 0.126. The van der Waals surface area contributed by atoms with Crippen molar-refractivity contribution in [1.82, 2.24) is 19.4 Å². The third-order valence-electron chi connectivity index (χ3n) is 4.95. The Labute approximate surface area is 176 Å². The number of aryl methyl sites for hydroxylation is 1. The van der Waals surface area contributed by atoms with Crippen molar-refractivity contribution in [2.45, 2.75) is 25.2 Å². The summed E-state index contributed by atoms with van der Waals surface area (Å²) in [4.78, 5) is 30.2. The number of hydrogen-bond acceptors (Lipinski definition) is 6. The lowest BCUT2D eigenvalue weighted by atomic mass is 10.2. The van der Waals surface area contributed by atoms with Gasteiger partial charge in [-0.1, -0.05) is 11.8 Å². The van der Waals surface area contributed by atoms with Gasteiger partial charge in [-0.3, -0.25) is 14.2 Å². The van der Waals surface area contributed by atoms with E-state index in [0.717, 1.165) is 10.9 Å². The first-order valence-electron chi connectivity index (χ1n) is 9.52. The molecule has 0 radical (unpaired) electrons. The summed E-state index contributed by atoms with van der Waals surface area (Å²) in [5, 5.41) is 4.16. The quantitative estimate of drug-likeness (QED) is 0.361. The van der Waals surface area contributed by atoms with Gasteiger partial charge in [0.2, 0.25) is 5.91 Å². The van der Waals surface area contributed by atoms with Gasteiger partial charge in [0, 0.05) is 19.0 Å². The van der Waals surface area contributed by atoms with Crippen molar-refractivity contribution in [1.29, 1.82) is 0 Å². The number of nitrogens with one attached hydrogen (secondary N) is 1. The molecule has 4 rings (SSSR count). The van der Waals surface area contributed by atoms with E-state index in [0.29, 0.717) is 40.8 Å². The molecule has 1 N–H and O–H groups in total. The Bertz CT molecular complexity index is 1270. The molecule has 0 saturated heterocycles. The molecule has 4 aromatic rings. The maximum Gasteiger partial charge on any atom is 0.278 e. The normalized spacial score (nSPS) is 11.3. The fourth-order valence-electron chi connectivity index (χ4n) is 3.43. The van der Waals surface area contributed by atoms with Gasteiger partial charge < -0.3 is 19.0 Å². The molecule has 3 heterocycles. The van der Waals surface area contributed by atoms with Gasteiger partial charge in [0.1, 0.15) is 22.5 Å². The molecule has 0 aliphatic heterocycles. The molecule has 1 aromatic carbocycles. The minimum Gasteiger partial charge on any atom is -0.497 e. The number of methoxy groups -OCH3 is 1. The average Bonchev–Trinajstić information content (AvgIpc) is 3.37. The molecule has 0 atom stereocenters. The summed E-state index contributed by atoms with van der Waals surface area (Å²) in [6.07, 6.45) is 1.56. The van der Waals surface area contributed by atoms with Crippen LogP contribution < -0.4 is 15.6 Å². The van der Waals surface area contributed by atoms with E-state index in [9.17, 15) is 9.59 Å². The van der Waals surface area contributed by atoms with Gasteiger partial charge in [-0.25, -0.2) is 4.98 Å². The highest BCUT2D eigenvalue weighted by atomic mass is 32.2. The van der Waals surface area contributed by atoms with Crippen molar-refractivity contribution in [2.24, 2.45) is 7.05 Å². The van der Waals surface area contributed by atoms with E-state index in [-0.39, 0.29) is 17.2 Å². The number of carbonyl (C=O) groups excluding carboxylic acids is 1. The molecule has 8 nitrogen and oxygen atoms in total. The van der Waals surface area contributed by atoms with E-state index < -0.39 is 0 Å². The SMILES string of the molecule is CCn1c(SCC(=O)NCc2ccco2)nc2c3cc(OC)ccc3n(C)c2c1=O. The molecule has 0 fully saturated rings. The molecule has 0 aliphatic carbocycles. The van der Waals surface area contributed by atoms with Crippen LogP contribution in [0.4, 0.5) is 0 Å². The van der Waals surface area contributed by atoms with Gasteiger partial charge in [-0.2, -0.15) is 0 Å². The van der Waals surface area contributed by atoms with Crippen molar-refractivity contribution in [3.63, 3.8) is 0 Å². The summed E-state index contributed by atoms with van der Waals surface area (Å²) in [5.74, 6) is 1.37. The summed E-state index contributed by atoms with van der Waals surface area (Å²) in [7, 11) is 3.46. The lowest BCUT2D eigenvalue weighted by Crippen LogP contribution is -2.26. The number of rotatable bonds is 7. The lowest BCUT2D eigenvalue weighted by molar-refractivity contribution is -0.118. The van der Waals surface area contributed by atoms with Crippen LogP contribution in [0.1, 0.15) is 12.7 Å². The summed E-state index contributed by atoms with van der Waals surface area (Å²) in [6.45, 7) is 2.67. The molecule has 3 aromatic heterocycles. The highest BCUT2D eigenvalue weighted by molar-refractivity contribution is 7.99. The van der Waals surface area contributed by atoms with Crippen LogP contribution in [0.2, 0.25) is 0 Å². The molecular weight excluding hydrogens is 404 g/mol. The second-order valence-electron chi connectivity index (χ2n) is 6.73. The standard InChI is InChI=1S/C21H22N4O4S/c1-4-25-20(27)19-18(15-10-13(28-3)7-8-16(15)24(19)2)23-21(25)30-12-17(26)22-11-14-6-5-9-29-14/h5-10H,4,11-12H2,1-3H3,(H,22,26). The highest BCUT2D eigenvalue weighted by Gasteiger charge is 2.19. The maximum atomic E-state index is 13.2. The van der Waals surface area contributed by atoms with Gasteiger partial charge in [0.05, 0.1) is 31.2 Å². The fraction of sp³-hybridized carbons (Fsp3) is 0.286. The Morgan fingerprint density at radius 2 is 2.17 bits per heavy atom. The van der Waals surface area contributed by atoms with Crippen LogP contribution in [-0.4, -0.2) is 32.9 Å². The molecule has 0 unspecified atom stereocenters. The first-order chi connectivity index (χ1) is 14.5. The summed E-state index contributed by atoms with van der Waals surface area (Å²) in [6, 6.07) is 9.23. The zero-order valence-corrected chi connectivity index (χ0v) is 17.8. The predicted octanol–water partition coefficient (Wildman–Crippen LogP) is 2.92. The topological polar surface area (TPSA) is 91.3 Å². The van der Waals surface area contributed by atoms with Crippen LogP contribution in [0.3, 0.4) is 0 Å². The Balaban J connectivity index is 1.67. The molecule has 30 heavy (non-hydrogen) atoms. The fourth-order valence-corrected chi connectivity index (χ4v) is 4.31. The van der Waals surface area contributed by atoms with Gasteiger partial charge in [0.15, 0.2) is 5.16 Å². The molecule has 0 spiro atoms. The highest BCUT2D eigenvalue weighted by Crippen LogP contribution is 2.29. The van der Waals surface area contributed by atoms with E-state index in [2.05, 4.69) is 5.32 Å². The number of carbonyl (C=O) groups is 1. The van der Waals surface area contributed by atoms with Gasteiger partial charge in [-0.05, 0) is 37.3 Å². The average molecular weight is 426 g/mol. The van der Waals surface area contributed by atoms with Crippen LogP contribution in [0.5, 0.6) is 5.75 Å². The van der Waals surface area contributed by atoms with Crippen molar-refractivity contribution < 1.29 is 13.9 Å². The smallest absolute Gasteiger partial charge is 0.278 e. The van der Waals surface area contributed by atoms with E-state index in [1.807, 2.05) is 36.7 Å². The second kappa shape index (κ2) is 8.27. The Morgan fingerprint density at radius 3 is 2.87 bits per heavy atom. The van der Waals surface area contributed by atoms with Crippen molar-refractivity contribution in [3.05, 3.63) is 52.7 Å². The largest absolute Gasteiger partial charge is 0.497 e. The molecule has 0 saturated carbocycles. The van der Waals surface area contributed by atoms with Crippen molar-refractivity contribution >= 4 is 39.6 Å². The third-order valence-corrected chi connectivity index (χ3v) is 5.93. The van der Waals surface area contributed by atoms with Crippen LogP contribution in [0.15, 0.2) is 51.0 Å². The molecule has 0 aliphatic rings. The van der Waals surface area contributed by atoms with E-state index in [4.69, 9.17) is 14.1 Å². The second-order valence-corrected chi connectivity index (χ2v) is 7.67. The Kier molecular flexibility index (Phi) is 5.54. The van der Waals surface area contributed by atoms with Gasteiger partial charge >= 0.3 is 0 Å². The van der Waals surface area contributed by atoms with Gasteiger partial charge in [-0.15, -0.1) is 0 Å². The number of fused-ring (bicyclic) bond motifs is 3. The van der Waals surface area contributed by atoms with Crippen molar-refractivity contribution in [3.8, 4) is 5.75 Å². The molecular formula is C21H22N4O4S. The van der Waals surface area contributed by atoms with Crippen LogP contribution in [0.25, 0.3) is 21.9 Å². The Morgan fingerprint density at radius 1 is 1.33 bits per heavy atom.